The molecular formula is C12H9F2NOS. The van der Waals surface area contributed by atoms with Crippen LogP contribution in [-0.4, -0.2) is 11.3 Å². The molecule has 2 aromatic heterocycles. The smallest absolute Gasteiger partial charge is 0.279 e. The largest absolute Gasteiger partial charge is 0.298 e. The lowest BCUT2D eigenvalue weighted by Gasteiger charge is -2.05. The maximum Gasteiger partial charge on any atom is 0.279 e. The number of aromatic nitrogens is 1. The van der Waals surface area contributed by atoms with Gasteiger partial charge in [-0.3, -0.25) is 9.78 Å². The highest BCUT2D eigenvalue weighted by Gasteiger charge is 2.26. The van der Waals surface area contributed by atoms with Crippen molar-refractivity contribution in [1.29, 1.82) is 0 Å². The predicted molar refractivity (Wildman–Crippen MR) is 62.5 cm³/mol. The lowest BCUT2D eigenvalue weighted by molar-refractivity contribution is 0.0215. The van der Waals surface area contributed by atoms with Crippen LogP contribution in [0.1, 0.15) is 22.2 Å². The van der Waals surface area contributed by atoms with Crippen LogP contribution < -0.4 is 0 Å². The molecule has 2 heterocycles. The summed E-state index contributed by atoms with van der Waals surface area (Å²) in [5, 5.41) is 0. The minimum absolute atomic E-state index is 0.0324. The molecule has 5 heteroatoms. The topological polar surface area (TPSA) is 30.0 Å². The molecule has 0 aromatic carbocycles. The highest BCUT2D eigenvalue weighted by atomic mass is 32.1. The minimum Gasteiger partial charge on any atom is -0.298 e. The van der Waals surface area contributed by atoms with Crippen molar-refractivity contribution < 1.29 is 13.6 Å². The Labute approximate surface area is 101 Å². The first-order chi connectivity index (χ1) is 8.02. The zero-order valence-electron chi connectivity index (χ0n) is 8.98. The van der Waals surface area contributed by atoms with Gasteiger partial charge in [0.15, 0.2) is 6.29 Å². The van der Waals surface area contributed by atoms with Crippen LogP contribution in [-0.2, 0) is 5.92 Å². The van der Waals surface area contributed by atoms with Gasteiger partial charge < -0.3 is 0 Å². The summed E-state index contributed by atoms with van der Waals surface area (Å²) in [6, 6.07) is 6.17. The van der Waals surface area contributed by atoms with Crippen LogP contribution in [0.4, 0.5) is 8.78 Å². The number of aldehydes is 1. The molecular weight excluding hydrogens is 244 g/mol. The van der Waals surface area contributed by atoms with Crippen molar-refractivity contribution in [3.8, 4) is 10.6 Å². The maximum absolute atomic E-state index is 13.1. The van der Waals surface area contributed by atoms with E-state index in [1.54, 1.807) is 18.2 Å². The number of carbonyl (C=O) groups excluding carboxylic acids is 1. The van der Waals surface area contributed by atoms with Crippen LogP contribution in [0, 0.1) is 0 Å². The molecule has 0 saturated carbocycles. The molecule has 0 N–H and O–H groups in total. The third-order valence-corrected chi connectivity index (χ3v) is 3.50. The molecule has 0 radical (unpaired) electrons. The Morgan fingerprint density at radius 2 is 2.12 bits per heavy atom. The van der Waals surface area contributed by atoms with Gasteiger partial charge in [0.2, 0.25) is 0 Å². The molecule has 0 bridgehead atoms. The van der Waals surface area contributed by atoms with Crippen molar-refractivity contribution in [1.82, 2.24) is 4.98 Å². The summed E-state index contributed by atoms with van der Waals surface area (Å²) >= 11 is 0.951. The molecule has 0 amide bonds. The van der Waals surface area contributed by atoms with Crippen LogP contribution in [0.25, 0.3) is 10.6 Å². The van der Waals surface area contributed by atoms with Crippen LogP contribution in [0.3, 0.4) is 0 Å². The van der Waals surface area contributed by atoms with E-state index in [-0.39, 0.29) is 4.88 Å². The Hall–Kier alpha value is -1.62. The molecule has 0 unspecified atom stereocenters. The SMILES string of the molecule is CC(F)(F)c1ccc(-c2ncccc2C=O)s1. The van der Waals surface area contributed by atoms with Gasteiger partial charge in [0.25, 0.3) is 5.92 Å². The first-order valence-corrected chi connectivity index (χ1v) is 5.72. The van der Waals surface area contributed by atoms with Crippen molar-refractivity contribution in [2.75, 3.05) is 0 Å². The molecule has 0 fully saturated rings. The van der Waals surface area contributed by atoms with Crippen LogP contribution in [0.2, 0.25) is 0 Å². The van der Waals surface area contributed by atoms with E-state index in [0.29, 0.717) is 22.4 Å². The first kappa shape index (κ1) is 11.9. The fourth-order valence-corrected chi connectivity index (χ4v) is 2.38. The molecule has 88 valence electrons. The van der Waals surface area contributed by atoms with Gasteiger partial charge in [-0.15, -0.1) is 11.3 Å². The molecule has 0 spiro atoms. The molecule has 2 rings (SSSR count). The van der Waals surface area contributed by atoms with Gasteiger partial charge in [-0.25, -0.2) is 8.78 Å². The summed E-state index contributed by atoms with van der Waals surface area (Å²) in [5.74, 6) is -2.86. The molecule has 2 aromatic rings. The summed E-state index contributed by atoms with van der Waals surface area (Å²) in [6.07, 6.45) is 2.21. The molecule has 2 nitrogen and oxygen atoms in total. The van der Waals surface area contributed by atoms with Gasteiger partial charge in [-0.1, -0.05) is 0 Å². The standard InChI is InChI=1S/C12H9F2NOS/c1-12(13,14)10-5-4-9(17-10)11-8(7-16)3-2-6-15-11/h2-7H,1H3. The quantitative estimate of drug-likeness (QED) is 0.780. The van der Waals surface area contributed by atoms with Gasteiger partial charge >= 0.3 is 0 Å². The normalized spacial score (nSPS) is 11.5. The van der Waals surface area contributed by atoms with Gasteiger partial charge in [-0.2, -0.15) is 0 Å². The van der Waals surface area contributed by atoms with E-state index in [9.17, 15) is 13.6 Å². The van der Waals surface area contributed by atoms with Crippen LogP contribution in [0.15, 0.2) is 30.5 Å². The number of hydrogen-bond donors (Lipinski definition) is 0. The number of nitrogens with zero attached hydrogens (tertiary/aromatic N) is 1. The van der Waals surface area contributed by atoms with E-state index in [1.807, 2.05) is 0 Å². The monoisotopic (exact) mass is 253 g/mol. The molecule has 0 aliphatic rings. The van der Waals surface area contributed by atoms with E-state index >= 15 is 0 Å². The zero-order valence-corrected chi connectivity index (χ0v) is 9.80. The van der Waals surface area contributed by atoms with Crippen molar-refractivity contribution in [2.45, 2.75) is 12.8 Å². The Kier molecular flexibility index (Phi) is 3.02. The number of halogens is 2. The van der Waals surface area contributed by atoms with E-state index in [0.717, 1.165) is 18.3 Å². The second-order valence-electron chi connectivity index (χ2n) is 3.61. The summed E-state index contributed by atoms with van der Waals surface area (Å²) in [7, 11) is 0. The Balaban J connectivity index is 2.47. The predicted octanol–water partition coefficient (Wildman–Crippen LogP) is 3.73. The van der Waals surface area contributed by atoms with E-state index in [2.05, 4.69) is 4.98 Å². The Morgan fingerprint density at radius 1 is 1.35 bits per heavy atom. The third-order valence-electron chi connectivity index (χ3n) is 2.24. The first-order valence-electron chi connectivity index (χ1n) is 4.91. The highest BCUT2D eigenvalue weighted by molar-refractivity contribution is 7.15. The Bertz CT molecular complexity index is 545. The molecule has 0 saturated heterocycles. The van der Waals surface area contributed by atoms with E-state index in [4.69, 9.17) is 0 Å². The summed E-state index contributed by atoms with van der Waals surface area (Å²) < 4.78 is 26.2. The zero-order chi connectivity index (χ0) is 12.5. The van der Waals surface area contributed by atoms with E-state index < -0.39 is 5.92 Å². The van der Waals surface area contributed by atoms with Gasteiger partial charge in [0.05, 0.1) is 15.4 Å². The summed E-state index contributed by atoms with van der Waals surface area (Å²) in [5.41, 5.74) is 0.850. The number of pyridine rings is 1. The Morgan fingerprint density at radius 3 is 2.71 bits per heavy atom. The maximum atomic E-state index is 13.1. The van der Waals surface area contributed by atoms with Crippen LogP contribution >= 0.6 is 11.3 Å². The second-order valence-corrected chi connectivity index (χ2v) is 4.70. The molecule has 0 aliphatic heterocycles. The van der Waals surface area contributed by atoms with E-state index in [1.165, 1.54) is 12.3 Å². The van der Waals surface area contributed by atoms with Gasteiger partial charge in [-0.05, 0) is 24.3 Å². The van der Waals surface area contributed by atoms with Crippen molar-refractivity contribution in [2.24, 2.45) is 0 Å². The summed E-state index contributed by atoms with van der Waals surface area (Å²) in [4.78, 5) is 15.4. The lowest BCUT2D eigenvalue weighted by atomic mass is 10.2. The van der Waals surface area contributed by atoms with Gasteiger partial charge in [0, 0.05) is 18.7 Å². The number of thiophene rings is 1. The number of rotatable bonds is 3. The third kappa shape index (κ3) is 2.39. The van der Waals surface area contributed by atoms with Crippen molar-refractivity contribution in [3.63, 3.8) is 0 Å². The minimum atomic E-state index is -2.86. The molecule has 17 heavy (non-hydrogen) atoms. The number of hydrogen-bond acceptors (Lipinski definition) is 3. The second kappa shape index (κ2) is 4.33. The fourth-order valence-electron chi connectivity index (χ4n) is 1.42. The number of alkyl halides is 2. The fraction of sp³-hybridized carbons (Fsp3) is 0.167. The van der Waals surface area contributed by atoms with Gasteiger partial charge in [0.1, 0.15) is 0 Å². The highest BCUT2D eigenvalue weighted by Crippen LogP contribution is 2.37. The summed E-state index contributed by atoms with van der Waals surface area (Å²) in [6.45, 7) is 0.849. The number of carbonyl (C=O) groups is 1. The lowest BCUT2D eigenvalue weighted by Crippen LogP contribution is -2.02. The van der Waals surface area contributed by atoms with Crippen LogP contribution in [0.5, 0.6) is 0 Å². The average molecular weight is 253 g/mol. The van der Waals surface area contributed by atoms with Crippen molar-refractivity contribution >= 4 is 17.6 Å². The average Bonchev–Trinajstić information content (AvgIpc) is 2.77. The molecule has 0 aliphatic carbocycles. The van der Waals surface area contributed by atoms with Crippen molar-refractivity contribution in [3.05, 3.63) is 40.9 Å². The molecule has 0 atom stereocenters.